The summed E-state index contributed by atoms with van der Waals surface area (Å²) in [5.74, 6) is -0.329. The Morgan fingerprint density at radius 1 is 0.633 bits per heavy atom. The van der Waals surface area contributed by atoms with Crippen LogP contribution in [0.5, 0.6) is 0 Å². The minimum absolute atomic E-state index is 0.170. The normalized spacial score (nSPS) is 16.0. The SMILES string of the molecule is CC(=O)O/C=C1/C=CCC(CO[Si](c2ccccc2)(c2ccccc2)C(C)(C)C)(CO[Si](c2ccccc2)(c2ccccc2)C(C)(C)C)C1. The summed E-state index contributed by atoms with van der Waals surface area (Å²) in [5.41, 5.74) is 0.541. The third-order valence-electron chi connectivity index (χ3n) is 9.86. The summed E-state index contributed by atoms with van der Waals surface area (Å²) >= 11 is 0. The van der Waals surface area contributed by atoms with Crippen LogP contribution in [0.25, 0.3) is 0 Å². The van der Waals surface area contributed by atoms with Gasteiger partial charge in [0.05, 0.1) is 6.26 Å². The molecule has 0 fully saturated rings. The highest BCUT2D eigenvalue weighted by atomic mass is 28.4. The fourth-order valence-electron chi connectivity index (χ4n) is 7.57. The van der Waals surface area contributed by atoms with E-state index in [0.717, 1.165) is 12.0 Å². The zero-order valence-electron chi connectivity index (χ0n) is 30.2. The van der Waals surface area contributed by atoms with E-state index < -0.39 is 22.0 Å². The van der Waals surface area contributed by atoms with Crippen LogP contribution in [0.3, 0.4) is 0 Å². The highest BCUT2D eigenvalue weighted by molar-refractivity contribution is 7.00. The third-order valence-corrected chi connectivity index (χ3v) is 19.8. The van der Waals surface area contributed by atoms with Gasteiger partial charge in [0.15, 0.2) is 0 Å². The molecule has 4 aromatic rings. The lowest BCUT2D eigenvalue weighted by Gasteiger charge is -2.48. The molecule has 0 saturated heterocycles. The Kier molecular flexibility index (Phi) is 11.1. The molecule has 0 atom stereocenters. The second-order valence-electron chi connectivity index (χ2n) is 15.5. The van der Waals surface area contributed by atoms with Crippen LogP contribution in [0.1, 0.15) is 61.3 Å². The molecule has 0 aliphatic heterocycles. The van der Waals surface area contributed by atoms with Gasteiger partial charge in [-0.1, -0.05) is 175 Å². The van der Waals surface area contributed by atoms with E-state index in [-0.39, 0.29) is 16.0 Å². The number of hydrogen-bond donors (Lipinski definition) is 0. The van der Waals surface area contributed by atoms with Crippen LogP contribution < -0.4 is 20.7 Å². The van der Waals surface area contributed by atoms with Crippen molar-refractivity contribution < 1.29 is 18.4 Å². The van der Waals surface area contributed by atoms with Crippen molar-refractivity contribution in [2.24, 2.45) is 5.41 Å². The highest BCUT2D eigenvalue weighted by Crippen LogP contribution is 2.44. The summed E-state index contributed by atoms with van der Waals surface area (Å²) in [6.07, 6.45) is 7.32. The van der Waals surface area contributed by atoms with Crippen molar-refractivity contribution >= 4 is 43.4 Å². The van der Waals surface area contributed by atoms with Crippen LogP contribution in [-0.2, 0) is 18.4 Å². The first-order chi connectivity index (χ1) is 23.3. The Morgan fingerprint density at radius 2 is 0.980 bits per heavy atom. The molecule has 0 heterocycles. The first-order valence-electron chi connectivity index (χ1n) is 17.4. The molecule has 0 N–H and O–H groups in total. The fraction of sp³-hybridized carbons (Fsp3) is 0.326. The van der Waals surface area contributed by atoms with Gasteiger partial charge in [0, 0.05) is 25.6 Å². The summed E-state index contributed by atoms with van der Waals surface area (Å²) in [6, 6.07) is 43.2. The van der Waals surface area contributed by atoms with Crippen molar-refractivity contribution in [2.45, 2.75) is 71.4 Å². The van der Waals surface area contributed by atoms with Crippen LogP contribution in [0.4, 0.5) is 0 Å². The van der Waals surface area contributed by atoms with E-state index in [1.54, 1.807) is 6.26 Å². The van der Waals surface area contributed by atoms with Crippen molar-refractivity contribution in [3.63, 3.8) is 0 Å². The van der Waals surface area contributed by atoms with Gasteiger partial charge < -0.3 is 13.6 Å². The molecule has 1 aliphatic rings. The Labute approximate surface area is 296 Å². The van der Waals surface area contributed by atoms with E-state index in [2.05, 4.69) is 175 Å². The number of benzene rings is 4. The molecule has 0 aromatic heterocycles. The van der Waals surface area contributed by atoms with Crippen LogP contribution in [0, 0.1) is 5.41 Å². The van der Waals surface area contributed by atoms with E-state index >= 15 is 0 Å². The molecule has 0 radical (unpaired) electrons. The molecule has 49 heavy (non-hydrogen) atoms. The first-order valence-corrected chi connectivity index (χ1v) is 21.2. The van der Waals surface area contributed by atoms with Gasteiger partial charge in [-0.15, -0.1) is 0 Å². The Morgan fingerprint density at radius 3 is 1.29 bits per heavy atom. The van der Waals surface area contributed by atoms with Gasteiger partial charge in [-0.25, -0.2) is 0 Å². The quantitative estimate of drug-likeness (QED) is 0.0913. The van der Waals surface area contributed by atoms with Gasteiger partial charge >= 0.3 is 5.97 Å². The number of carbonyl (C=O) groups is 1. The summed E-state index contributed by atoms with van der Waals surface area (Å²) in [6.45, 7) is 16.3. The number of carbonyl (C=O) groups excluding carboxylic acids is 1. The number of rotatable bonds is 11. The number of hydrogen-bond acceptors (Lipinski definition) is 4. The number of allylic oxidation sites excluding steroid dienone is 3. The van der Waals surface area contributed by atoms with Gasteiger partial charge in [0.25, 0.3) is 16.6 Å². The molecule has 0 saturated carbocycles. The third kappa shape index (κ3) is 7.68. The molecule has 0 amide bonds. The molecular weight excluding hydrogens is 637 g/mol. The molecular formula is C43H52O4Si2. The van der Waals surface area contributed by atoms with E-state index in [1.807, 2.05) is 0 Å². The highest BCUT2D eigenvalue weighted by Gasteiger charge is 2.54. The Bertz CT molecular complexity index is 1540. The van der Waals surface area contributed by atoms with Gasteiger partial charge in [-0.2, -0.15) is 0 Å². The largest absolute Gasteiger partial charge is 0.434 e. The summed E-state index contributed by atoms with van der Waals surface area (Å²) in [5, 5.41) is 4.66. The lowest BCUT2D eigenvalue weighted by molar-refractivity contribution is -0.135. The molecule has 6 heteroatoms. The maximum absolute atomic E-state index is 11.9. The van der Waals surface area contributed by atoms with Gasteiger partial charge in [-0.3, -0.25) is 4.79 Å². The average Bonchev–Trinajstić information content (AvgIpc) is 3.09. The molecule has 1 aliphatic carbocycles. The van der Waals surface area contributed by atoms with Crippen molar-refractivity contribution in [1.82, 2.24) is 0 Å². The second-order valence-corrected chi connectivity index (χ2v) is 24.1. The van der Waals surface area contributed by atoms with Crippen LogP contribution >= 0.6 is 0 Å². The number of esters is 1. The zero-order chi connectivity index (χ0) is 35.2. The van der Waals surface area contributed by atoms with Crippen molar-refractivity contribution in [2.75, 3.05) is 13.2 Å². The number of ether oxygens (including phenoxy) is 1. The molecule has 0 unspecified atom stereocenters. The topological polar surface area (TPSA) is 44.8 Å². The molecule has 4 aromatic carbocycles. The van der Waals surface area contributed by atoms with E-state index in [9.17, 15) is 4.79 Å². The summed E-state index contributed by atoms with van der Waals surface area (Å²) in [7, 11) is -5.70. The summed E-state index contributed by atoms with van der Waals surface area (Å²) in [4.78, 5) is 11.9. The molecule has 5 rings (SSSR count). The molecule has 4 nitrogen and oxygen atoms in total. The van der Waals surface area contributed by atoms with Crippen LogP contribution in [-0.4, -0.2) is 35.8 Å². The zero-order valence-corrected chi connectivity index (χ0v) is 32.2. The van der Waals surface area contributed by atoms with Gasteiger partial charge in [0.1, 0.15) is 0 Å². The molecule has 0 spiro atoms. The van der Waals surface area contributed by atoms with Gasteiger partial charge in [-0.05, 0) is 49.2 Å². The monoisotopic (exact) mass is 688 g/mol. The lowest BCUT2D eigenvalue weighted by atomic mass is 9.77. The van der Waals surface area contributed by atoms with Crippen molar-refractivity contribution in [1.29, 1.82) is 0 Å². The fourth-order valence-corrected chi connectivity index (χ4v) is 16.9. The minimum Gasteiger partial charge on any atom is -0.434 e. The predicted molar refractivity (Wildman–Crippen MR) is 208 cm³/mol. The van der Waals surface area contributed by atoms with E-state index in [1.165, 1.54) is 27.7 Å². The van der Waals surface area contributed by atoms with E-state index in [0.29, 0.717) is 19.6 Å². The minimum atomic E-state index is -2.85. The Hall–Kier alpha value is -3.82. The standard InChI is InChI=1S/C43H52O4Si2/c1-35(44)45-32-36-21-20-30-43(31-36,33-46-48(41(2,3)4,37-22-12-8-13-23-37)38-24-14-9-15-25-38)34-47-49(42(5,6)7,39-26-16-10-17-27-39)40-28-18-11-19-29-40/h8-29,32H,30-31,33-34H2,1-7H3/b36-32-. The summed E-state index contributed by atoms with van der Waals surface area (Å²) < 4.78 is 20.7. The smallest absolute Gasteiger partial charge is 0.307 e. The van der Waals surface area contributed by atoms with Gasteiger partial charge in [0.2, 0.25) is 0 Å². The maximum Gasteiger partial charge on any atom is 0.307 e. The second kappa shape index (κ2) is 15.0. The van der Waals surface area contributed by atoms with Crippen LogP contribution in [0.15, 0.2) is 145 Å². The Balaban J connectivity index is 1.64. The van der Waals surface area contributed by atoms with Crippen molar-refractivity contribution in [3.8, 4) is 0 Å². The molecule has 256 valence electrons. The van der Waals surface area contributed by atoms with Crippen LogP contribution in [0.2, 0.25) is 10.1 Å². The predicted octanol–water partition coefficient (Wildman–Crippen LogP) is 7.92. The maximum atomic E-state index is 11.9. The van der Waals surface area contributed by atoms with E-state index in [4.69, 9.17) is 13.6 Å². The molecule has 0 bridgehead atoms. The van der Waals surface area contributed by atoms with Crippen molar-refractivity contribution in [3.05, 3.63) is 145 Å². The first kappa shape index (κ1) is 36.5. The average molecular weight is 689 g/mol. The lowest BCUT2D eigenvalue weighted by Crippen LogP contribution is -2.68.